The summed E-state index contributed by atoms with van der Waals surface area (Å²) in [4.78, 5) is 0. The molecular weight excluding hydrogens is 397 g/mol. The Balaban J connectivity index is 1.97. The smallest absolute Gasteiger partial charge is 0.139 e. The van der Waals surface area contributed by atoms with Gasteiger partial charge in [-0.3, -0.25) is 0 Å². The van der Waals surface area contributed by atoms with Crippen LogP contribution in [0.5, 0.6) is 0 Å². The van der Waals surface area contributed by atoms with Crippen LogP contribution in [0.25, 0.3) is 32.3 Å². The molecule has 7 rings (SSSR count). The van der Waals surface area contributed by atoms with Crippen molar-refractivity contribution in [2.24, 2.45) is 0 Å². The predicted molar refractivity (Wildman–Crippen MR) is 123 cm³/mol. The molecule has 0 fully saturated rings. The van der Waals surface area contributed by atoms with Gasteiger partial charge in [-0.1, -0.05) is 39.3 Å². The molecule has 0 amide bonds. The second-order valence-corrected chi connectivity index (χ2v) is 27.4. The van der Waals surface area contributed by atoms with E-state index in [9.17, 15) is 0 Å². The normalized spacial score (nSPS) is 22.8. The Kier molecular flexibility index (Phi) is 1.93. The van der Waals surface area contributed by atoms with E-state index in [1.807, 2.05) is 27.0 Å². The van der Waals surface area contributed by atoms with E-state index in [-0.39, 0.29) is 0 Å². The molecule has 0 unspecified atom stereocenters. The Hall–Kier alpha value is -0.249. The van der Waals surface area contributed by atoms with Crippen LogP contribution in [-0.4, -0.2) is 24.2 Å². The summed E-state index contributed by atoms with van der Waals surface area (Å²) < 4.78 is 11.0. The molecule has 0 saturated carbocycles. The summed E-state index contributed by atoms with van der Waals surface area (Å²) in [5.74, 6) is 0. The molecular formula is C18H18S3Si3. The van der Waals surface area contributed by atoms with Crippen molar-refractivity contribution in [2.75, 3.05) is 0 Å². The van der Waals surface area contributed by atoms with Crippen molar-refractivity contribution in [3.8, 4) is 0 Å². The lowest BCUT2D eigenvalue weighted by molar-refractivity contribution is 1.93. The van der Waals surface area contributed by atoms with E-state index in [1.54, 1.807) is 32.3 Å². The number of benzene rings is 1. The first-order valence-corrected chi connectivity index (χ1v) is 20.2. The van der Waals surface area contributed by atoms with Gasteiger partial charge in [0.2, 0.25) is 0 Å². The maximum atomic E-state index is 2.62. The molecule has 0 bridgehead atoms. The van der Waals surface area contributed by atoms with Crippen LogP contribution in [0.3, 0.4) is 0 Å². The van der Waals surface area contributed by atoms with Gasteiger partial charge in [0.05, 0.1) is 0 Å². The zero-order chi connectivity index (χ0) is 16.5. The zero-order valence-electron chi connectivity index (χ0n) is 14.7. The summed E-state index contributed by atoms with van der Waals surface area (Å²) in [5.41, 5.74) is 0. The minimum absolute atomic E-state index is 1.46. The van der Waals surface area contributed by atoms with Crippen LogP contribution in [0, 0.1) is 0 Å². The quantitative estimate of drug-likeness (QED) is 0.388. The predicted octanol–water partition coefficient (Wildman–Crippen LogP) is 2.74. The van der Waals surface area contributed by atoms with Crippen molar-refractivity contribution >= 4 is 118 Å². The van der Waals surface area contributed by atoms with Gasteiger partial charge in [0.15, 0.2) is 0 Å². The molecule has 0 N–H and O–H groups in total. The Bertz CT molecular complexity index is 1050. The van der Waals surface area contributed by atoms with Gasteiger partial charge >= 0.3 is 0 Å². The fourth-order valence-corrected chi connectivity index (χ4v) is 25.3. The first-order valence-electron chi connectivity index (χ1n) is 8.72. The molecule has 1 aromatic carbocycles. The van der Waals surface area contributed by atoms with Crippen LogP contribution < -0.4 is 27.0 Å². The maximum Gasteiger partial charge on any atom is 0.139 e. The Labute approximate surface area is 156 Å². The van der Waals surface area contributed by atoms with E-state index < -0.39 is 24.2 Å². The zero-order valence-corrected chi connectivity index (χ0v) is 20.2. The summed E-state index contributed by atoms with van der Waals surface area (Å²) in [6.07, 6.45) is 0. The molecule has 4 aromatic rings. The van der Waals surface area contributed by atoms with E-state index in [0.29, 0.717) is 0 Å². The van der Waals surface area contributed by atoms with E-state index >= 15 is 0 Å². The Morgan fingerprint density at radius 2 is 0.542 bits per heavy atom. The molecule has 0 radical (unpaired) electrons. The van der Waals surface area contributed by atoms with Crippen molar-refractivity contribution in [3.05, 3.63) is 0 Å². The third-order valence-electron chi connectivity index (χ3n) is 6.88. The second-order valence-electron chi connectivity index (χ2n) is 9.41. The third kappa shape index (κ3) is 1.02. The molecule has 0 aliphatic carbocycles. The largest absolute Gasteiger partial charge is 0.152 e. The molecule has 3 aromatic heterocycles. The van der Waals surface area contributed by atoms with E-state index in [1.165, 1.54) is 0 Å². The fourth-order valence-electron chi connectivity index (χ4n) is 5.67. The SMILES string of the molecule is C[Si]1(C)c2sc3c4c2c2c1sc1c2c2c(sc(c42)[Si]3(C)C)[Si]1(C)C. The van der Waals surface area contributed by atoms with Crippen molar-refractivity contribution < 1.29 is 0 Å². The molecule has 0 saturated heterocycles. The van der Waals surface area contributed by atoms with Gasteiger partial charge in [-0.2, -0.15) is 34.0 Å². The lowest BCUT2D eigenvalue weighted by atomic mass is 10.0. The Morgan fingerprint density at radius 3 is 0.708 bits per heavy atom. The standard InChI is InChI=1S/C18H18S3Si3/c1-22(2)13-7-8-10-12-11-9(7)15(19-13)23(3,4)17(11)21-18(12)24(5,6)16(10)20-14(8)22/h1-6H3. The summed E-state index contributed by atoms with van der Waals surface area (Å²) in [7, 11) is -4.37. The topological polar surface area (TPSA) is 0 Å². The summed E-state index contributed by atoms with van der Waals surface area (Å²) in [6, 6.07) is 0. The fraction of sp³-hybridized carbons (Fsp3) is 0.333. The molecule has 0 atom stereocenters. The van der Waals surface area contributed by atoms with Gasteiger partial charge in [0, 0.05) is 59.3 Å². The highest BCUT2D eigenvalue weighted by molar-refractivity contribution is 7.54. The van der Waals surface area contributed by atoms with Crippen molar-refractivity contribution in [2.45, 2.75) is 39.3 Å². The summed E-state index contributed by atoms with van der Waals surface area (Å²) in [5, 5.41) is 10.5. The molecule has 24 heavy (non-hydrogen) atoms. The molecule has 3 aliphatic heterocycles. The number of hydrogen-bond acceptors (Lipinski definition) is 3. The van der Waals surface area contributed by atoms with Gasteiger partial charge in [0.25, 0.3) is 0 Å². The average molecular weight is 415 g/mol. The lowest BCUT2D eigenvalue weighted by Gasteiger charge is -2.21. The van der Waals surface area contributed by atoms with Crippen LogP contribution in [0.15, 0.2) is 0 Å². The maximum absolute atomic E-state index is 2.62. The van der Waals surface area contributed by atoms with Gasteiger partial charge in [-0.25, -0.2) is 0 Å². The molecule has 6 heterocycles. The van der Waals surface area contributed by atoms with Crippen molar-refractivity contribution in [1.82, 2.24) is 0 Å². The average Bonchev–Trinajstić information content (AvgIpc) is 3.22. The molecule has 0 nitrogen and oxygen atoms in total. The molecule has 120 valence electrons. The van der Waals surface area contributed by atoms with Crippen LogP contribution in [0.2, 0.25) is 39.3 Å². The minimum atomic E-state index is -1.46. The van der Waals surface area contributed by atoms with E-state index in [4.69, 9.17) is 0 Å². The van der Waals surface area contributed by atoms with E-state index in [0.717, 1.165) is 0 Å². The molecule has 0 spiro atoms. The van der Waals surface area contributed by atoms with Gasteiger partial charge in [0.1, 0.15) is 24.2 Å². The second kappa shape index (κ2) is 3.34. The van der Waals surface area contributed by atoms with Gasteiger partial charge < -0.3 is 0 Å². The highest BCUT2D eigenvalue weighted by Crippen LogP contribution is 2.48. The van der Waals surface area contributed by atoms with Crippen molar-refractivity contribution in [1.29, 1.82) is 0 Å². The molecule has 6 heteroatoms. The van der Waals surface area contributed by atoms with Crippen LogP contribution in [0.4, 0.5) is 0 Å². The number of thiophene rings is 3. The van der Waals surface area contributed by atoms with Gasteiger partial charge in [-0.15, -0.1) is 0 Å². The van der Waals surface area contributed by atoms with Crippen LogP contribution >= 0.6 is 34.0 Å². The molecule has 3 aliphatic rings. The lowest BCUT2D eigenvalue weighted by Crippen LogP contribution is -2.53. The number of rotatable bonds is 0. The third-order valence-corrected chi connectivity index (χ3v) is 28.7. The highest BCUT2D eigenvalue weighted by Gasteiger charge is 2.53. The number of hydrogen-bond donors (Lipinski definition) is 0. The minimum Gasteiger partial charge on any atom is -0.152 e. The van der Waals surface area contributed by atoms with Crippen LogP contribution in [-0.2, 0) is 0 Å². The first kappa shape index (κ1) is 13.9. The van der Waals surface area contributed by atoms with Gasteiger partial charge in [-0.05, 0) is 0 Å². The first-order chi connectivity index (χ1) is 11.2. The summed E-state index contributed by atoms with van der Waals surface area (Å²) >= 11 is 6.74. The van der Waals surface area contributed by atoms with E-state index in [2.05, 4.69) is 73.3 Å². The summed E-state index contributed by atoms with van der Waals surface area (Å²) in [6.45, 7) is 15.7. The Morgan fingerprint density at radius 1 is 0.375 bits per heavy atom. The highest BCUT2D eigenvalue weighted by atomic mass is 32.1. The monoisotopic (exact) mass is 414 g/mol. The van der Waals surface area contributed by atoms with Crippen molar-refractivity contribution in [3.63, 3.8) is 0 Å². The van der Waals surface area contributed by atoms with Crippen LogP contribution in [0.1, 0.15) is 0 Å².